The van der Waals surface area contributed by atoms with Crippen molar-refractivity contribution in [2.75, 3.05) is 7.11 Å². The molecule has 3 unspecified atom stereocenters. The van der Waals surface area contributed by atoms with E-state index >= 15 is 0 Å². The highest BCUT2D eigenvalue weighted by atomic mass is 16.6. The number of methoxy groups -OCH3 is 1. The van der Waals surface area contributed by atoms with E-state index in [9.17, 15) is 24.9 Å². The molecule has 1 saturated carbocycles. The first-order chi connectivity index (χ1) is 21.8. The number of hydrogen-bond acceptors (Lipinski definition) is 7. The van der Waals surface area contributed by atoms with Gasteiger partial charge in [-0.15, -0.1) is 0 Å². The van der Waals surface area contributed by atoms with Crippen molar-refractivity contribution in [1.29, 1.82) is 0 Å². The Bertz CT molecular complexity index is 1670. The van der Waals surface area contributed by atoms with E-state index < -0.39 is 23.1 Å². The van der Waals surface area contributed by atoms with Gasteiger partial charge in [0.05, 0.1) is 7.11 Å². The van der Waals surface area contributed by atoms with Crippen LogP contribution < -0.4 is 9.47 Å². The van der Waals surface area contributed by atoms with Crippen molar-refractivity contribution in [3.8, 4) is 34.1 Å². The lowest BCUT2D eigenvalue weighted by molar-refractivity contribution is -0.181. The van der Waals surface area contributed by atoms with Crippen LogP contribution in [-0.4, -0.2) is 40.0 Å². The Morgan fingerprint density at radius 1 is 1.04 bits per heavy atom. The lowest BCUT2D eigenvalue weighted by Gasteiger charge is -2.56. The molecular formula is C38H44O8. The van der Waals surface area contributed by atoms with Gasteiger partial charge in [0.25, 0.3) is 0 Å². The van der Waals surface area contributed by atoms with Crippen LogP contribution in [0.2, 0.25) is 0 Å². The Morgan fingerprint density at radius 3 is 2.46 bits per heavy atom. The molecular weight excluding hydrogens is 584 g/mol. The van der Waals surface area contributed by atoms with Gasteiger partial charge >= 0.3 is 11.9 Å². The molecule has 2 aromatic rings. The van der Waals surface area contributed by atoms with Crippen molar-refractivity contribution in [3.63, 3.8) is 0 Å². The van der Waals surface area contributed by atoms with Crippen molar-refractivity contribution >= 4 is 11.9 Å². The van der Waals surface area contributed by atoms with Crippen LogP contribution in [0.3, 0.4) is 0 Å². The van der Waals surface area contributed by atoms with E-state index in [2.05, 4.69) is 39.5 Å². The topological polar surface area (TPSA) is 123 Å². The summed E-state index contributed by atoms with van der Waals surface area (Å²) < 4.78 is 18.6. The molecule has 2 aliphatic heterocycles. The van der Waals surface area contributed by atoms with Gasteiger partial charge in [-0.05, 0) is 96.9 Å². The summed E-state index contributed by atoms with van der Waals surface area (Å²) in [5.74, 6) is -0.966. The third-order valence-electron chi connectivity index (χ3n) is 9.52. The molecule has 1 aliphatic carbocycles. The van der Waals surface area contributed by atoms with E-state index in [0.717, 1.165) is 18.4 Å². The maximum absolute atomic E-state index is 13.2. The summed E-state index contributed by atoms with van der Waals surface area (Å²) in [6.45, 7) is 12.4. The number of ether oxygens (including phenoxy) is 3. The number of aromatic hydroxyl groups is 2. The normalized spacial score (nSPS) is 22.8. The number of benzene rings is 2. The second-order valence-electron chi connectivity index (χ2n) is 13.2. The van der Waals surface area contributed by atoms with Crippen LogP contribution in [0.4, 0.5) is 0 Å². The second kappa shape index (κ2) is 12.7. The third-order valence-corrected chi connectivity index (χ3v) is 9.52. The highest BCUT2D eigenvalue weighted by Crippen LogP contribution is 2.65. The predicted molar refractivity (Wildman–Crippen MR) is 176 cm³/mol. The number of esters is 1. The minimum atomic E-state index is -1.29. The minimum absolute atomic E-state index is 0.0204. The molecule has 8 nitrogen and oxygen atoms in total. The summed E-state index contributed by atoms with van der Waals surface area (Å²) in [7, 11) is 1.34. The van der Waals surface area contributed by atoms with Crippen LogP contribution in [-0.2, 0) is 26.3 Å². The van der Waals surface area contributed by atoms with Crippen LogP contribution in [0.5, 0.6) is 23.0 Å². The van der Waals surface area contributed by atoms with Gasteiger partial charge in [0, 0.05) is 40.2 Å². The Morgan fingerprint density at radius 2 is 1.78 bits per heavy atom. The predicted octanol–water partition coefficient (Wildman–Crippen LogP) is 8.06. The zero-order valence-corrected chi connectivity index (χ0v) is 27.4. The molecule has 3 N–H and O–H groups in total. The molecule has 0 aromatic heterocycles. The smallest absolute Gasteiger partial charge is 0.350 e. The van der Waals surface area contributed by atoms with E-state index in [-0.39, 0.29) is 35.8 Å². The molecule has 2 heterocycles. The van der Waals surface area contributed by atoms with Crippen molar-refractivity contribution < 1.29 is 39.1 Å². The Kier molecular flexibility index (Phi) is 9.12. The van der Waals surface area contributed by atoms with Crippen LogP contribution >= 0.6 is 0 Å². The molecule has 1 fully saturated rings. The molecule has 0 amide bonds. The molecule has 0 radical (unpaired) electrons. The molecule has 1 spiro atoms. The number of hydrogen-bond donors (Lipinski definition) is 3. The second-order valence-corrected chi connectivity index (χ2v) is 13.2. The molecule has 8 heteroatoms. The zero-order valence-electron chi connectivity index (χ0n) is 27.4. The number of phenols is 2. The Balaban J connectivity index is 1.56. The van der Waals surface area contributed by atoms with E-state index in [4.69, 9.17) is 14.2 Å². The fourth-order valence-electron chi connectivity index (χ4n) is 7.37. The first-order valence-corrected chi connectivity index (χ1v) is 15.9. The number of carbonyl (C=O) groups excluding carboxylic acids is 1. The van der Waals surface area contributed by atoms with Crippen molar-refractivity contribution in [2.45, 2.75) is 90.3 Å². The number of carboxylic acid groups (broad SMARTS) is 1. The highest BCUT2D eigenvalue weighted by Gasteiger charge is 2.64. The lowest BCUT2D eigenvalue weighted by atomic mass is 9.60. The largest absolute Gasteiger partial charge is 0.508 e. The van der Waals surface area contributed by atoms with Gasteiger partial charge in [0.1, 0.15) is 28.6 Å². The van der Waals surface area contributed by atoms with Crippen molar-refractivity contribution in [1.82, 2.24) is 0 Å². The van der Waals surface area contributed by atoms with Gasteiger partial charge in [0.15, 0.2) is 0 Å². The van der Waals surface area contributed by atoms with Crippen molar-refractivity contribution in [2.24, 2.45) is 5.92 Å². The summed E-state index contributed by atoms with van der Waals surface area (Å²) in [6.07, 6.45) is 10.0. The standard InChI is InChI=1S/C38H44O8/c1-22(2)9-7-10-24(5)11-8-12-25(35(41)42)13-14-26-19-27(39)20-28-32-30(40)15-16-31-33(32)38(46-34(26)28)21-37(45-31,36(43)44-6)18-17-29(38)23(3)4/h9,11,13,15-16,19-20,29,39-40H,3,7-8,10,12,14,17-18,21H2,1-2,4-6H3,(H,41,42). The molecule has 3 aliphatic rings. The first kappa shape index (κ1) is 32.9. The fourth-order valence-corrected chi connectivity index (χ4v) is 7.37. The van der Waals surface area contributed by atoms with Gasteiger partial charge in [0.2, 0.25) is 5.60 Å². The number of aliphatic carboxylic acids is 1. The van der Waals surface area contributed by atoms with Crippen LogP contribution in [0, 0.1) is 5.92 Å². The summed E-state index contributed by atoms with van der Waals surface area (Å²) >= 11 is 0. The average molecular weight is 629 g/mol. The zero-order chi connectivity index (χ0) is 33.4. The fraction of sp³-hybridized carbons (Fsp3) is 0.421. The van der Waals surface area contributed by atoms with E-state index in [1.54, 1.807) is 18.2 Å². The highest BCUT2D eigenvalue weighted by molar-refractivity contribution is 5.89. The number of carbonyl (C=O) groups is 2. The summed E-state index contributed by atoms with van der Waals surface area (Å²) in [5.41, 5.74) is 3.31. The first-order valence-electron chi connectivity index (χ1n) is 15.9. The molecule has 2 bridgehead atoms. The third kappa shape index (κ3) is 5.93. The maximum atomic E-state index is 13.2. The van der Waals surface area contributed by atoms with Gasteiger partial charge < -0.3 is 29.5 Å². The Labute approximate surface area is 270 Å². The molecule has 244 valence electrons. The summed E-state index contributed by atoms with van der Waals surface area (Å²) in [5, 5.41) is 32.2. The summed E-state index contributed by atoms with van der Waals surface area (Å²) in [4.78, 5) is 25.5. The maximum Gasteiger partial charge on any atom is 0.350 e. The molecule has 2 aromatic carbocycles. The van der Waals surface area contributed by atoms with Crippen LogP contribution in [0.1, 0.15) is 83.8 Å². The van der Waals surface area contributed by atoms with Crippen LogP contribution in [0.25, 0.3) is 11.1 Å². The molecule has 5 rings (SSSR count). The lowest BCUT2D eigenvalue weighted by Crippen LogP contribution is -2.62. The van der Waals surface area contributed by atoms with E-state index in [1.807, 2.05) is 6.92 Å². The average Bonchev–Trinajstić information content (AvgIpc) is 2.99. The van der Waals surface area contributed by atoms with Gasteiger partial charge in [-0.25, -0.2) is 9.59 Å². The Hall–Kier alpha value is -4.46. The van der Waals surface area contributed by atoms with E-state index in [0.29, 0.717) is 59.4 Å². The molecule has 46 heavy (non-hydrogen) atoms. The van der Waals surface area contributed by atoms with Gasteiger partial charge in [-0.1, -0.05) is 41.5 Å². The quantitative estimate of drug-likeness (QED) is 0.130. The number of allylic oxidation sites excluding steroid dienone is 5. The summed E-state index contributed by atoms with van der Waals surface area (Å²) in [6, 6.07) is 6.25. The van der Waals surface area contributed by atoms with Gasteiger partial charge in [-0.3, -0.25) is 0 Å². The number of fused-ring (bicyclic) bond motifs is 3. The number of rotatable bonds is 11. The number of phenolic OH excluding ortho intramolecular Hbond substituents is 2. The molecule has 0 saturated heterocycles. The number of carboxylic acids is 1. The van der Waals surface area contributed by atoms with Crippen LogP contribution in [0.15, 0.2) is 71.4 Å². The van der Waals surface area contributed by atoms with Gasteiger partial charge in [-0.2, -0.15) is 0 Å². The SMILES string of the molecule is C=C(C)C1CCC2(C(=O)OC)CC13Oc1c(CC=C(CCC=C(C)CCC=C(C)C)C(=O)O)cc(O)cc1-c1c(O)ccc(c13)O2. The van der Waals surface area contributed by atoms with E-state index in [1.165, 1.54) is 30.4 Å². The monoisotopic (exact) mass is 628 g/mol. The minimum Gasteiger partial charge on any atom is -0.508 e. The van der Waals surface area contributed by atoms with Crippen molar-refractivity contribution in [3.05, 3.63) is 82.5 Å². The molecule has 3 atom stereocenters.